The third kappa shape index (κ3) is 5.37. The maximum atomic E-state index is 12.4. The van der Waals surface area contributed by atoms with Gasteiger partial charge in [0, 0.05) is 11.2 Å². The molecule has 29 heavy (non-hydrogen) atoms. The van der Waals surface area contributed by atoms with Crippen LogP contribution < -0.4 is 10.2 Å². The first kappa shape index (κ1) is 21.4. The number of rotatable bonds is 6. The van der Waals surface area contributed by atoms with Gasteiger partial charge < -0.3 is 9.84 Å². The summed E-state index contributed by atoms with van der Waals surface area (Å²) in [7, 11) is 1.45. The number of amides is 1. The van der Waals surface area contributed by atoms with E-state index in [2.05, 4.69) is 47.5 Å². The summed E-state index contributed by atoms with van der Waals surface area (Å²) in [4.78, 5) is 12.4. The van der Waals surface area contributed by atoms with Crippen LogP contribution in [0.3, 0.4) is 0 Å². The highest BCUT2D eigenvalue weighted by molar-refractivity contribution is 9.10. The van der Waals surface area contributed by atoms with Gasteiger partial charge in [-0.3, -0.25) is 9.48 Å². The summed E-state index contributed by atoms with van der Waals surface area (Å²) in [5.74, 6) is -0.188. The van der Waals surface area contributed by atoms with E-state index in [1.165, 1.54) is 13.3 Å². The summed E-state index contributed by atoms with van der Waals surface area (Å²) in [6.07, 6.45) is 3.15. The molecule has 7 nitrogen and oxygen atoms in total. The number of aromatic hydroxyl groups is 1. The molecule has 1 amide bonds. The Kier molecular flexibility index (Phi) is 6.94. The standard InChI is InChI=1S/C19H15Br2ClN4O3/c1-29-16-7-12(6-14(20)18(16)27)8-23-24-19(28)17-15(21)10-26(25-17)9-11-2-4-13(22)5-3-11/h2-8,10,27H,9H2,1H3,(H,24,28). The van der Waals surface area contributed by atoms with Crippen LogP contribution in [0.1, 0.15) is 21.6 Å². The number of nitrogens with one attached hydrogen (secondary N) is 1. The molecule has 2 aromatic carbocycles. The van der Waals surface area contributed by atoms with Crippen LogP contribution in [0.15, 0.2) is 56.6 Å². The molecule has 0 atom stereocenters. The highest BCUT2D eigenvalue weighted by Gasteiger charge is 2.15. The number of hydrazone groups is 1. The Hall–Kier alpha value is -2.36. The van der Waals surface area contributed by atoms with Gasteiger partial charge in [-0.1, -0.05) is 23.7 Å². The molecule has 0 unspecified atom stereocenters. The molecule has 0 saturated carbocycles. The number of phenolic OH excluding ortho intramolecular Hbond substituents is 1. The quantitative estimate of drug-likeness (QED) is 0.352. The molecule has 0 aliphatic carbocycles. The number of aromatic nitrogens is 2. The van der Waals surface area contributed by atoms with Crippen LogP contribution in [0.5, 0.6) is 11.5 Å². The normalized spacial score (nSPS) is 11.0. The second-order valence-electron chi connectivity index (χ2n) is 5.90. The van der Waals surface area contributed by atoms with Crippen LogP contribution in [0.25, 0.3) is 0 Å². The second kappa shape index (κ2) is 9.43. The van der Waals surface area contributed by atoms with Gasteiger partial charge in [-0.25, -0.2) is 5.43 Å². The molecule has 3 aromatic rings. The fraction of sp³-hybridized carbons (Fsp3) is 0.105. The average Bonchev–Trinajstić information content (AvgIpc) is 3.06. The molecular formula is C19H15Br2ClN4O3. The fourth-order valence-electron chi connectivity index (χ4n) is 2.45. The van der Waals surface area contributed by atoms with Gasteiger partial charge in [0.2, 0.25) is 0 Å². The lowest BCUT2D eigenvalue weighted by molar-refractivity contribution is 0.0948. The first-order valence-corrected chi connectivity index (χ1v) is 10.2. The van der Waals surface area contributed by atoms with E-state index in [1.807, 2.05) is 12.1 Å². The van der Waals surface area contributed by atoms with Gasteiger partial charge >= 0.3 is 0 Å². The van der Waals surface area contributed by atoms with Crippen molar-refractivity contribution in [2.75, 3.05) is 7.11 Å². The minimum Gasteiger partial charge on any atom is -0.503 e. The van der Waals surface area contributed by atoms with Crippen molar-refractivity contribution < 1.29 is 14.6 Å². The van der Waals surface area contributed by atoms with Crippen molar-refractivity contribution in [2.45, 2.75) is 6.54 Å². The van der Waals surface area contributed by atoms with E-state index in [4.69, 9.17) is 16.3 Å². The number of hydrogen-bond donors (Lipinski definition) is 2. The van der Waals surface area contributed by atoms with Gasteiger partial charge in [-0.15, -0.1) is 0 Å². The summed E-state index contributed by atoms with van der Waals surface area (Å²) >= 11 is 12.5. The zero-order valence-electron chi connectivity index (χ0n) is 15.1. The predicted molar refractivity (Wildman–Crippen MR) is 118 cm³/mol. The summed E-state index contributed by atoms with van der Waals surface area (Å²) in [6.45, 7) is 0.494. The number of halogens is 3. The molecule has 10 heteroatoms. The van der Waals surface area contributed by atoms with E-state index >= 15 is 0 Å². The number of carbonyl (C=O) groups is 1. The molecule has 1 heterocycles. The predicted octanol–water partition coefficient (Wildman–Crippen LogP) is 4.59. The van der Waals surface area contributed by atoms with Gasteiger partial charge in [0.1, 0.15) is 0 Å². The Labute approximate surface area is 188 Å². The highest BCUT2D eigenvalue weighted by Crippen LogP contribution is 2.34. The van der Waals surface area contributed by atoms with Gasteiger partial charge in [0.05, 0.1) is 28.8 Å². The number of phenols is 1. The van der Waals surface area contributed by atoms with E-state index in [0.717, 1.165) is 5.56 Å². The van der Waals surface area contributed by atoms with Crippen molar-refractivity contribution >= 4 is 55.6 Å². The minimum absolute atomic E-state index is 0.0103. The molecule has 0 saturated heterocycles. The van der Waals surface area contributed by atoms with Gasteiger partial charge in [-0.2, -0.15) is 10.2 Å². The van der Waals surface area contributed by atoms with Crippen LogP contribution in [0, 0.1) is 0 Å². The first-order valence-electron chi connectivity index (χ1n) is 8.24. The Morgan fingerprint density at radius 1 is 1.31 bits per heavy atom. The van der Waals surface area contributed by atoms with Crippen LogP contribution in [0.2, 0.25) is 5.02 Å². The maximum absolute atomic E-state index is 12.4. The molecule has 150 valence electrons. The Morgan fingerprint density at radius 3 is 2.72 bits per heavy atom. The Morgan fingerprint density at radius 2 is 2.03 bits per heavy atom. The third-order valence-corrected chi connectivity index (χ3v) is 5.28. The van der Waals surface area contributed by atoms with E-state index < -0.39 is 5.91 Å². The summed E-state index contributed by atoms with van der Waals surface area (Å²) in [5.41, 5.74) is 4.27. The SMILES string of the molecule is COc1cc(C=NNC(=O)c2nn(Cc3ccc(Cl)cc3)cc2Br)cc(Br)c1O. The molecule has 0 aliphatic heterocycles. The number of methoxy groups -OCH3 is 1. The van der Waals surface area contributed by atoms with Crippen molar-refractivity contribution in [1.29, 1.82) is 0 Å². The van der Waals surface area contributed by atoms with Gasteiger partial charge in [-0.05, 0) is 67.3 Å². The summed E-state index contributed by atoms with van der Waals surface area (Å²) in [5, 5.41) is 18.7. The van der Waals surface area contributed by atoms with E-state index in [1.54, 1.807) is 35.1 Å². The Bertz CT molecular complexity index is 1070. The number of ether oxygens (including phenoxy) is 1. The van der Waals surface area contributed by atoms with Crippen LogP contribution in [0.4, 0.5) is 0 Å². The van der Waals surface area contributed by atoms with Crippen LogP contribution in [-0.4, -0.2) is 34.1 Å². The smallest absolute Gasteiger partial charge is 0.293 e. The molecule has 3 rings (SSSR count). The molecule has 0 spiro atoms. The van der Waals surface area contributed by atoms with Crippen molar-refractivity contribution in [3.8, 4) is 11.5 Å². The van der Waals surface area contributed by atoms with Crippen molar-refractivity contribution in [1.82, 2.24) is 15.2 Å². The molecular weight excluding hydrogens is 527 g/mol. The van der Waals surface area contributed by atoms with Crippen LogP contribution in [-0.2, 0) is 6.54 Å². The fourth-order valence-corrected chi connectivity index (χ4v) is 3.53. The molecule has 0 bridgehead atoms. The summed E-state index contributed by atoms with van der Waals surface area (Å²) in [6, 6.07) is 10.6. The van der Waals surface area contributed by atoms with E-state index in [0.29, 0.717) is 26.1 Å². The zero-order chi connectivity index (χ0) is 21.0. The number of hydrogen-bond acceptors (Lipinski definition) is 5. The zero-order valence-corrected chi connectivity index (χ0v) is 19.0. The second-order valence-corrected chi connectivity index (χ2v) is 8.05. The number of benzene rings is 2. The number of carbonyl (C=O) groups excluding carboxylic acids is 1. The van der Waals surface area contributed by atoms with Crippen molar-refractivity contribution in [3.63, 3.8) is 0 Å². The van der Waals surface area contributed by atoms with Crippen molar-refractivity contribution in [3.05, 3.63) is 73.4 Å². The van der Waals surface area contributed by atoms with Crippen molar-refractivity contribution in [2.24, 2.45) is 5.10 Å². The minimum atomic E-state index is -0.465. The molecule has 0 fully saturated rings. The lowest BCUT2D eigenvalue weighted by atomic mass is 10.2. The summed E-state index contributed by atoms with van der Waals surface area (Å²) < 4.78 is 7.73. The topological polar surface area (TPSA) is 88.7 Å². The maximum Gasteiger partial charge on any atom is 0.293 e. The van der Waals surface area contributed by atoms with Gasteiger partial charge in [0.25, 0.3) is 5.91 Å². The lowest BCUT2D eigenvalue weighted by Gasteiger charge is -2.06. The van der Waals surface area contributed by atoms with E-state index in [9.17, 15) is 9.90 Å². The Balaban J connectivity index is 1.68. The van der Waals surface area contributed by atoms with E-state index in [-0.39, 0.29) is 17.2 Å². The number of nitrogens with zero attached hydrogens (tertiary/aromatic N) is 3. The molecule has 0 radical (unpaired) electrons. The average molecular weight is 543 g/mol. The lowest BCUT2D eigenvalue weighted by Crippen LogP contribution is -2.19. The monoisotopic (exact) mass is 540 g/mol. The molecule has 1 aromatic heterocycles. The highest BCUT2D eigenvalue weighted by atomic mass is 79.9. The van der Waals surface area contributed by atoms with Crippen LogP contribution >= 0.6 is 43.5 Å². The molecule has 2 N–H and O–H groups in total. The third-order valence-electron chi connectivity index (χ3n) is 3.84. The molecule has 0 aliphatic rings. The first-order chi connectivity index (χ1) is 13.9. The largest absolute Gasteiger partial charge is 0.503 e. The van der Waals surface area contributed by atoms with Gasteiger partial charge in [0.15, 0.2) is 17.2 Å².